The molecule has 0 radical (unpaired) electrons. The molecular weight excluding hydrogens is 497 g/mol. The van der Waals surface area contributed by atoms with Crippen LogP contribution in [0.3, 0.4) is 0 Å². The Balaban J connectivity index is 2.21. The summed E-state index contributed by atoms with van der Waals surface area (Å²) in [5.74, 6) is -0.594. The first-order valence-corrected chi connectivity index (χ1v) is 13.5. The Morgan fingerprint density at radius 2 is 1.76 bits per heavy atom. The van der Waals surface area contributed by atoms with Crippen molar-refractivity contribution in [3.63, 3.8) is 0 Å². The van der Waals surface area contributed by atoms with Gasteiger partial charge in [-0.1, -0.05) is 41.4 Å². The van der Waals surface area contributed by atoms with E-state index in [1.807, 2.05) is 32.0 Å². The molecule has 0 bridgehead atoms. The molecule has 10 heteroatoms. The highest BCUT2D eigenvalue weighted by atomic mass is 35.5. The Morgan fingerprint density at radius 3 is 2.35 bits per heavy atom. The standard InChI is InChI=1S/C24H31Cl2N3O4S/c1-16-8-9-17(2)22(13-16)29(34(5,32)33)12-6-7-23(30)28(18(3)24(31)27-4)15-19-10-11-20(25)14-21(19)26/h8-11,13-14,18H,6-7,12,15H2,1-5H3,(H,27,31). The molecule has 0 spiro atoms. The molecule has 1 unspecified atom stereocenters. The van der Waals surface area contributed by atoms with E-state index in [0.717, 1.165) is 17.4 Å². The van der Waals surface area contributed by atoms with Gasteiger partial charge in [0.15, 0.2) is 0 Å². The number of aryl methyl sites for hydroxylation is 2. The first-order chi connectivity index (χ1) is 15.8. The van der Waals surface area contributed by atoms with Crippen LogP contribution < -0.4 is 9.62 Å². The molecule has 186 valence electrons. The van der Waals surface area contributed by atoms with E-state index in [1.54, 1.807) is 25.1 Å². The Morgan fingerprint density at radius 1 is 1.09 bits per heavy atom. The summed E-state index contributed by atoms with van der Waals surface area (Å²) in [6, 6.07) is 9.84. The van der Waals surface area contributed by atoms with Gasteiger partial charge in [0, 0.05) is 36.6 Å². The third kappa shape index (κ3) is 7.35. The normalized spacial score (nSPS) is 12.2. The van der Waals surface area contributed by atoms with E-state index in [9.17, 15) is 18.0 Å². The molecule has 0 fully saturated rings. The second-order valence-electron chi connectivity index (χ2n) is 8.28. The number of rotatable bonds is 10. The summed E-state index contributed by atoms with van der Waals surface area (Å²) in [4.78, 5) is 26.9. The van der Waals surface area contributed by atoms with Crippen molar-refractivity contribution in [1.29, 1.82) is 0 Å². The first kappa shape index (κ1) is 28.0. The van der Waals surface area contributed by atoms with Gasteiger partial charge in [-0.05, 0) is 62.1 Å². The Hall–Kier alpha value is -2.29. The molecule has 7 nitrogen and oxygen atoms in total. The third-order valence-electron chi connectivity index (χ3n) is 5.56. The van der Waals surface area contributed by atoms with Crippen molar-refractivity contribution < 1.29 is 18.0 Å². The highest BCUT2D eigenvalue weighted by Crippen LogP contribution is 2.26. The van der Waals surface area contributed by atoms with Gasteiger partial charge in [-0.25, -0.2) is 8.42 Å². The van der Waals surface area contributed by atoms with Crippen LogP contribution in [0.25, 0.3) is 0 Å². The highest BCUT2D eigenvalue weighted by Gasteiger charge is 2.27. The van der Waals surface area contributed by atoms with E-state index in [1.165, 1.54) is 16.3 Å². The lowest BCUT2D eigenvalue weighted by molar-refractivity contribution is -0.140. The molecule has 1 N–H and O–H groups in total. The fraction of sp³-hybridized carbons (Fsp3) is 0.417. The number of carbonyl (C=O) groups is 2. The van der Waals surface area contributed by atoms with Gasteiger partial charge in [-0.2, -0.15) is 0 Å². The van der Waals surface area contributed by atoms with Crippen LogP contribution in [-0.4, -0.2) is 51.0 Å². The summed E-state index contributed by atoms with van der Waals surface area (Å²) in [6.07, 6.45) is 1.49. The van der Waals surface area contributed by atoms with E-state index in [-0.39, 0.29) is 37.7 Å². The molecule has 2 rings (SSSR count). The Labute approximate surface area is 212 Å². The molecule has 0 aliphatic rings. The monoisotopic (exact) mass is 527 g/mol. The lowest BCUT2D eigenvalue weighted by atomic mass is 10.1. The lowest BCUT2D eigenvalue weighted by Crippen LogP contribution is -2.46. The van der Waals surface area contributed by atoms with Crippen LogP contribution in [0.4, 0.5) is 5.69 Å². The maximum Gasteiger partial charge on any atom is 0.242 e. The minimum atomic E-state index is -3.55. The van der Waals surface area contributed by atoms with Crippen LogP contribution >= 0.6 is 23.2 Å². The quantitative estimate of drug-likeness (QED) is 0.498. The van der Waals surface area contributed by atoms with E-state index in [2.05, 4.69) is 5.32 Å². The summed E-state index contributed by atoms with van der Waals surface area (Å²) >= 11 is 12.3. The number of nitrogens with zero attached hydrogens (tertiary/aromatic N) is 2. The molecule has 0 saturated heterocycles. The topological polar surface area (TPSA) is 86.8 Å². The molecule has 0 aliphatic carbocycles. The van der Waals surface area contributed by atoms with Gasteiger partial charge in [0.25, 0.3) is 0 Å². The minimum Gasteiger partial charge on any atom is -0.357 e. The molecule has 0 heterocycles. The number of carbonyl (C=O) groups excluding carboxylic acids is 2. The number of nitrogens with one attached hydrogen (secondary N) is 1. The van der Waals surface area contributed by atoms with Crippen molar-refractivity contribution in [2.45, 2.75) is 46.2 Å². The number of amides is 2. The van der Waals surface area contributed by atoms with Crippen LogP contribution in [0.1, 0.15) is 36.5 Å². The summed E-state index contributed by atoms with van der Waals surface area (Å²) in [5.41, 5.74) is 3.02. The van der Waals surface area contributed by atoms with Gasteiger partial charge in [-0.15, -0.1) is 0 Å². The van der Waals surface area contributed by atoms with Crippen molar-refractivity contribution in [1.82, 2.24) is 10.2 Å². The van der Waals surface area contributed by atoms with Gasteiger partial charge in [0.2, 0.25) is 21.8 Å². The van der Waals surface area contributed by atoms with Gasteiger partial charge in [0.05, 0.1) is 11.9 Å². The molecule has 2 amide bonds. The molecular formula is C24H31Cl2N3O4S. The molecule has 0 aromatic heterocycles. The molecule has 2 aromatic carbocycles. The Bertz CT molecular complexity index is 1150. The summed E-state index contributed by atoms with van der Waals surface area (Å²) in [5, 5.41) is 3.43. The molecule has 34 heavy (non-hydrogen) atoms. The van der Waals surface area contributed by atoms with E-state index in [0.29, 0.717) is 21.3 Å². The van der Waals surface area contributed by atoms with Gasteiger partial charge in [-0.3, -0.25) is 13.9 Å². The number of benzene rings is 2. The van der Waals surface area contributed by atoms with E-state index < -0.39 is 16.1 Å². The van der Waals surface area contributed by atoms with Crippen LogP contribution in [0.15, 0.2) is 36.4 Å². The maximum atomic E-state index is 13.2. The van der Waals surface area contributed by atoms with E-state index >= 15 is 0 Å². The average Bonchev–Trinajstić information content (AvgIpc) is 2.76. The van der Waals surface area contributed by atoms with Gasteiger partial charge < -0.3 is 10.2 Å². The number of likely N-dealkylation sites (N-methyl/N-ethyl adjacent to an activating group) is 1. The van der Waals surface area contributed by atoms with Gasteiger partial charge >= 0.3 is 0 Å². The molecule has 0 aliphatic heterocycles. The van der Waals surface area contributed by atoms with Crippen molar-refractivity contribution in [3.05, 3.63) is 63.1 Å². The number of sulfonamides is 1. The maximum absolute atomic E-state index is 13.2. The summed E-state index contributed by atoms with van der Waals surface area (Å²) in [6.45, 7) is 5.64. The largest absolute Gasteiger partial charge is 0.357 e. The van der Waals surface area contributed by atoms with E-state index in [4.69, 9.17) is 23.2 Å². The fourth-order valence-electron chi connectivity index (χ4n) is 3.60. The fourth-order valence-corrected chi connectivity index (χ4v) is 5.08. The zero-order chi connectivity index (χ0) is 25.6. The molecule has 0 saturated carbocycles. The van der Waals surface area contributed by atoms with Crippen LogP contribution in [0.5, 0.6) is 0 Å². The number of hydrogen-bond donors (Lipinski definition) is 1. The van der Waals surface area contributed by atoms with Crippen LogP contribution in [0.2, 0.25) is 10.0 Å². The molecule has 2 aromatic rings. The van der Waals surface area contributed by atoms with Crippen molar-refractivity contribution in [2.75, 3.05) is 24.2 Å². The predicted octanol–water partition coefficient (Wildman–Crippen LogP) is 4.32. The van der Waals surface area contributed by atoms with Gasteiger partial charge in [0.1, 0.15) is 6.04 Å². The summed E-state index contributed by atoms with van der Waals surface area (Å²) in [7, 11) is -2.05. The SMILES string of the molecule is CNC(=O)C(C)N(Cc1ccc(Cl)cc1Cl)C(=O)CCCN(c1cc(C)ccc1C)S(C)(=O)=O. The number of halogens is 2. The predicted molar refractivity (Wildman–Crippen MR) is 138 cm³/mol. The zero-order valence-corrected chi connectivity index (χ0v) is 22.4. The summed E-state index contributed by atoms with van der Waals surface area (Å²) < 4.78 is 26.3. The second kappa shape index (κ2) is 11.9. The zero-order valence-electron chi connectivity index (χ0n) is 20.1. The van der Waals surface area contributed by atoms with Crippen molar-refractivity contribution >= 4 is 50.7 Å². The average molecular weight is 529 g/mol. The Kier molecular flexibility index (Phi) is 9.79. The first-order valence-electron chi connectivity index (χ1n) is 10.8. The van der Waals surface area contributed by atoms with Crippen LogP contribution in [-0.2, 0) is 26.2 Å². The second-order valence-corrected chi connectivity index (χ2v) is 11.0. The molecule has 1 atom stereocenters. The van der Waals surface area contributed by atoms with Crippen molar-refractivity contribution in [3.8, 4) is 0 Å². The lowest BCUT2D eigenvalue weighted by Gasteiger charge is -2.29. The van der Waals surface area contributed by atoms with Crippen LogP contribution in [0, 0.1) is 13.8 Å². The van der Waals surface area contributed by atoms with Crippen molar-refractivity contribution in [2.24, 2.45) is 0 Å². The smallest absolute Gasteiger partial charge is 0.242 e. The number of anilines is 1. The highest BCUT2D eigenvalue weighted by molar-refractivity contribution is 7.92. The minimum absolute atomic E-state index is 0.0590. The third-order valence-corrected chi connectivity index (χ3v) is 7.32. The number of hydrogen-bond acceptors (Lipinski definition) is 4.